The van der Waals surface area contributed by atoms with Crippen LogP contribution >= 0.6 is 11.6 Å². The molecular weight excluding hydrogens is 395 g/mol. The van der Waals surface area contributed by atoms with Gasteiger partial charge in [0.15, 0.2) is 5.69 Å². The minimum absolute atomic E-state index is 0.0818. The normalized spacial score (nSPS) is 15.7. The Hall–Kier alpha value is -2.03. The maximum Gasteiger partial charge on any atom is 0.436 e. The van der Waals surface area contributed by atoms with E-state index in [4.69, 9.17) is 11.6 Å². The van der Waals surface area contributed by atoms with Crippen LogP contribution in [0.5, 0.6) is 0 Å². The summed E-state index contributed by atoms with van der Waals surface area (Å²) in [4.78, 5) is 14.4. The van der Waals surface area contributed by atoms with Gasteiger partial charge in [0.2, 0.25) is 5.91 Å². The quantitative estimate of drug-likeness (QED) is 0.708. The molecule has 1 fully saturated rings. The molecule has 2 aromatic rings. The molecule has 0 saturated heterocycles. The predicted octanol–water partition coefficient (Wildman–Crippen LogP) is 4.18. The number of halogens is 4. The highest BCUT2D eigenvalue weighted by Gasteiger charge is 2.43. The second kappa shape index (κ2) is 7.42. The molecule has 1 unspecified atom stereocenters. The van der Waals surface area contributed by atoms with Gasteiger partial charge in [-0.3, -0.25) is 14.2 Å². The number of carbonyl (C=O) groups is 1. The zero-order chi connectivity index (χ0) is 20.8. The van der Waals surface area contributed by atoms with Crippen molar-refractivity contribution in [2.75, 3.05) is 7.05 Å². The number of amides is 1. The highest BCUT2D eigenvalue weighted by Crippen LogP contribution is 2.47. The van der Waals surface area contributed by atoms with Gasteiger partial charge in [0.25, 0.3) is 0 Å². The van der Waals surface area contributed by atoms with Crippen LogP contribution in [0.4, 0.5) is 13.2 Å². The van der Waals surface area contributed by atoms with Crippen molar-refractivity contribution in [2.45, 2.75) is 64.8 Å². The Kier molecular flexibility index (Phi) is 5.49. The van der Waals surface area contributed by atoms with Crippen LogP contribution in [-0.4, -0.2) is 37.4 Å². The second-order valence-corrected chi connectivity index (χ2v) is 7.58. The van der Waals surface area contributed by atoms with Gasteiger partial charge in [-0.05, 0) is 33.6 Å². The monoisotopic (exact) mass is 417 g/mol. The van der Waals surface area contributed by atoms with E-state index in [9.17, 15) is 18.0 Å². The molecular formula is C18H23ClF3N5O. The van der Waals surface area contributed by atoms with E-state index >= 15 is 0 Å². The van der Waals surface area contributed by atoms with Gasteiger partial charge < -0.3 is 4.90 Å². The van der Waals surface area contributed by atoms with E-state index in [1.165, 1.54) is 4.90 Å². The number of nitrogens with zero attached hydrogens (tertiary/aromatic N) is 5. The predicted molar refractivity (Wildman–Crippen MR) is 98.0 cm³/mol. The highest BCUT2D eigenvalue weighted by atomic mass is 35.5. The van der Waals surface area contributed by atoms with Gasteiger partial charge in [0.1, 0.15) is 6.04 Å². The number of rotatable bonds is 6. The van der Waals surface area contributed by atoms with Crippen LogP contribution in [0.1, 0.15) is 61.3 Å². The molecule has 0 spiro atoms. The summed E-state index contributed by atoms with van der Waals surface area (Å²) in [6.45, 7) is 6.48. The molecule has 1 amide bonds. The van der Waals surface area contributed by atoms with Gasteiger partial charge in [0, 0.05) is 37.3 Å². The van der Waals surface area contributed by atoms with Gasteiger partial charge >= 0.3 is 6.18 Å². The average Bonchev–Trinajstić information content (AvgIpc) is 3.31. The van der Waals surface area contributed by atoms with Gasteiger partial charge in [-0.15, -0.1) is 0 Å². The molecule has 6 nitrogen and oxygen atoms in total. The Morgan fingerprint density at radius 2 is 2.07 bits per heavy atom. The first-order chi connectivity index (χ1) is 13.1. The van der Waals surface area contributed by atoms with Crippen molar-refractivity contribution in [1.29, 1.82) is 0 Å². The molecule has 1 saturated carbocycles. The second-order valence-electron chi connectivity index (χ2n) is 7.21. The SMILES string of the molecule is CCn1ncc(CN(C)C(=O)C(C)n2nc(C(F)(F)F)c(Cl)c2C2CC2)c1C. The number of aryl methyl sites for hydroxylation is 1. The molecule has 3 rings (SSSR count). The summed E-state index contributed by atoms with van der Waals surface area (Å²) in [5.74, 6) is -0.417. The van der Waals surface area contributed by atoms with Gasteiger partial charge in [-0.25, -0.2) is 0 Å². The van der Waals surface area contributed by atoms with Crippen LogP contribution in [0.3, 0.4) is 0 Å². The lowest BCUT2D eigenvalue weighted by atomic mass is 10.2. The maximum atomic E-state index is 13.3. The Morgan fingerprint density at radius 3 is 2.57 bits per heavy atom. The molecule has 1 atom stereocenters. The Balaban J connectivity index is 1.85. The van der Waals surface area contributed by atoms with E-state index in [2.05, 4.69) is 10.2 Å². The standard InChI is InChI=1S/C18H23ClF3N5O/c1-5-26-10(2)13(8-23-26)9-25(4)17(28)11(3)27-15(12-6-7-12)14(19)16(24-27)18(20,21)22/h8,11-12H,5-7,9H2,1-4H3. The van der Waals surface area contributed by atoms with E-state index in [1.54, 1.807) is 20.2 Å². The molecule has 2 heterocycles. The van der Waals surface area contributed by atoms with Crippen molar-refractivity contribution in [3.63, 3.8) is 0 Å². The van der Waals surface area contributed by atoms with Crippen LogP contribution in [0.2, 0.25) is 5.02 Å². The number of likely N-dealkylation sites (N-methyl/N-ethyl adjacent to an activating group) is 1. The van der Waals surface area contributed by atoms with Crippen molar-refractivity contribution < 1.29 is 18.0 Å². The molecule has 154 valence electrons. The summed E-state index contributed by atoms with van der Waals surface area (Å²) in [5.41, 5.74) is 1.02. The van der Waals surface area contributed by atoms with E-state index in [0.717, 1.165) is 35.3 Å². The summed E-state index contributed by atoms with van der Waals surface area (Å²) in [7, 11) is 1.62. The van der Waals surface area contributed by atoms with Crippen molar-refractivity contribution >= 4 is 17.5 Å². The average molecular weight is 418 g/mol. The van der Waals surface area contributed by atoms with Gasteiger partial charge in [0.05, 0.1) is 16.9 Å². The molecule has 1 aliphatic rings. The van der Waals surface area contributed by atoms with Crippen molar-refractivity contribution in [1.82, 2.24) is 24.5 Å². The Bertz CT molecular complexity index is 885. The maximum absolute atomic E-state index is 13.3. The third-order valence-electron chi connectivity index (χ3n) is 5.13. The van der Waals surface area contributed by atoms with Crippen molar-refractivity contribution in [3.8, 4) is 0 Å². The summed E-state index contributed by atoms with van der Waals surface area (Å²) in [5, 5.41) is 7.55. The summed E-state index contributed by atoms with van der Waals surface area (Å²) in [6, 6.07) is -0.893. The van der Waals surface area contributed by atoms with E-state index in [1.807, 2.05) is 18.5 Å². The van der Waals surface area contributed by atoms with Crippen LogP contribution in [-0.2, 0) is 24.1 Å². The van der Waals surface area contributed by atoms with Gasteiger partial charge in [-0.2, -0.15) is 23.4 Å². The molecule has 1 aliphatic carbocycles. The van der Waals surface area contributed by atoms with E-state index < -0.39 is 22.9 Å². The number of carbonyl (C=O) groups excluding carboxylic acids is 1. The van der Waals surface area contributed by atoms with Gasteiger partial charge in [-0.1, -0.05) is 11.6 Å². The lowest BCUT2D eigenvalue weighted by Gasteiger charge is -2.23. The van der Waals surface area contributed by atoms with Crippen molar-refractivity contribution in [3.05, 3.63) is 33.9 Å². The molecule has 28 heavy (non-hydrogen) atoms. The number of alkyl halides is 3. The summed E-state index contributed by atoms with van der Waals surface area (Å²) < 4.78 is 42.7. The molecule has 10 heteroatoms. The third kappa shape index (κ3) is 3.76. The first-order valence-corrected chi connectivity index (χ1v) is 9.55. The molecule has 2 aromatic heterocycles. The van der Waals surface area contributed by atoms with Crippen LogP contribution in [0.15, 0.2) is 6.20 Å². The fraction of sp³-hybridized carbons (Fsp3) is 0.611. The number of aromatic nitrogens is 4. The zero-order valence-electron chi connectivity index (χ0n) is 16.2. The number of hydrogen-bond donors (Lipinski definition) is 0. The first kappa shape index (κ1) is 20.7. The van der Waals surface area contributed by atoms with Crippen molar-refractivity contribution in [2.24, 2.45) is 0 Å². The largest absolute Gasteiger partial charge is 0.436 e. The van der Waals surface area contributed by atoms with E-state index in [0.29, 0.717) is 12.2 Å². The zero-order valence-corrected chi connectivity index (χ0v) is 17.0. The third-order valence-corrected chi connectivity index (χ3v) is 5.50. The molecule has 0 aliphatic heterocycles. The smallest absolute Gasteiger partial charge is 0.339 e. The Morgan fingerprint density at radius 1 is 1.43 bits per heavy atom. The number of hydrogen-bond acceptors (Lipinski definition) is 3. The minimum Gasteiger partial charge on any atom is -0.339 e. The molecule has 0 N–H and O–H groups in total. The topological polar surface area (TPSA) is 56.0 Å². The summed E-state index contributed by atoms with van der Waals surface area (Å²) in [6.07, 6.45) is -1.47. The van der Waals surface area contributed by atoms with Crippen LogP contribution < -0.4 is 0 Å². The Labute approximate surface area is 166 Å². The first-order valence-electron chi connectivity index (χ1n) is 9.17. The fourth-order valence-electron chi connectivity index (χ4n) is 3.34. The lowest BCUT2D eigenvalue weighted by molar-refractivity contribution is -0.142. The van der Waals surface area contributed by atoms with E-state index in [-0.39, 0.29) is 11.8 Å². The minimum atomic E-state index is -4.66. The summed E-state index contributed by atoms with van der Waals surface area (Å²) >= 11 is 6.01. The lowest BCUT2D eigenvalue weighted by Crippen LogP contribution is -2.34. The molecule has 0 radical (unpaired) electrons. The molecule has 0 aromatic carbocycles. The fourth-order valence-corrected chi connectivity index (χ4v) is 3.73. The highest BCUT2D eigenvalue weighted by molar-refractivity contribution is 6.32. The van der Waals surface area contributed by atoms with Crippen LogP contribution in [0.25, 0.3) is 0 Å². The van der Waals surface area contributed by atoms with Crippen LogP contribution in [0, 0.1) is 6.92 Å². The molecule has 0 bridgehead atoms.